The van der Waals surface area contributed by atoms with Crippen LogP contribution in [0.15, 0.2) is 53.4 Å². The summed E-state index contributed by atoms with van der Waals surface area (Å²) in [7, 11) is 0. The number of pyridine rings is 2. The van der Waals surface area contributed by atoms with Crippen LogP contribution < -0.4 is 5.32 Å². The summed E-state index contributed by atoms with van der Waals surface area (Å²) >= 11 is 0. The summed E-state index contributed by atoms with van der Waals surface area (Å²) in [5, 5.41) is 7.23. The lowest BCUT2D eigenvalue weighted by atomic mass is 10.1. The zero-order valence-corrected chi connectivity index (χ0v) is 15.8. The highest BCUT2D eigenvalue weighted by Gasteiger charge is 2.17. The fourth-order valence-corrected chi connectivity index (χ4v) is 2.81. The Hall–Kier alpha value is -3.68. The molecule has 0 aliphatic heterocycles. The first-order valence-corrected chi connectivity index (χ1v) is 8.88. The smallest absolute Gasteiger partial charge is 0.249 e. The van der Waals surface area contributed by atoms with E-state index in [0.29, 0.717) is 17.7 Å². The van der Waals surface area contributed by atoms with Crippen molar-refractivity contribution < 1.29 is 4.52 Å². The number of aryl methyl sites for hydroxylation is 2. The molecule has 0 radical (unpaired) electrons. The topological polar surface area (TPSA) is 103 Å². The van der Waals surface area contributed by atoms with Crippen LogP contribution in [0.1, 0.15) is 30.2 Å². The number of nitrogens with one attached hydrogen (secondary N) is 1. The molecule has 0 amide bonds. The average molecular weight is 373 g/mol. The largest absolute Gasteiger partial charge is 0.343 e. The van der Waals surface area contributed by atoms with E-state index in [-0.39, 0.29) is 6.04 Å². The van der Waals surface area contributed by atoms with Gasteiger partial charge in [0.1, 0.15) is 6.04 Å². The molecule has 0 aliphatic carbocycles. The Kier molecular flexibility index (Phi) is 4.76. The molecular formula is C20H19N7O. The van der Waals surface area contributed by atoms with Crippen molar-refractivity contribution in [2.45, 2.75) is 26.8 Å². The molecule has 0 spiro atoms. The molecule has 140 valence electrons. The van der Waals surface area contributed by atoms with Crippen molar-refractivity contribution in [2.75, 3.05) is 5.32 Å². The van der Waals surface area contributed by atoms with Gasteiger partial charge in [0.15, 0.2) is 0 Å². The first kappa shape index (κ1) is 17.7. The van der Waals surface area contributed by atoms with Crippen LogP contribution in [0.2, 0.25) is 0 Å². The van der Waals surface area contributed by atoms with E-state index in [2.05, 4.69) is 35.4 Å². The molecule has 8 nitrogen and oxygen atoms in total. The molecular weight excluding hydrogens is 354 g/mol. The average Bonchev–Trinajstić information content (AvgIpc) is 3.19. The minimum absolute atomic E-state index is 0.259. The quantitative estimate of drug-likeness (QED) is 0.564. The van der Waals surface area contributed by atoms with Gasteiger partial charge in [0.2, 0.25) is 17.7 Å². The van der Waals surface area contributed by atoms with Crippen LogP contribution >= 0.6 is 0 Å². The van der Waals surface area contributed by atoms with Gasteiger partial charge in [0, 0.05) is 41.1 Å². The van der Waals surface area contributed by atoms with E-state index in [1.54, 1.807) is 18.6 Å². The lowest BCUT2D eigenvalue weighted by Gasteiger charge is -2.11. The molecule has 4 rings (SSSR count). The Labute approximate surface area is 162 Å². The predicted octanol–water partition coefficient (Wildman–Crippen LogP) is 3.77. The van der Waals surface area contributed by atoms with Crippen LogP contribution in [0.3, 0.4) is 0 Å². The second-order valence-electron chi connectivity index (χ2n) is 6.42. The monoisotopic (exact) mass is 373 g/mol. The first-order valence-electron chi connectivity index (χ1n) is 8.88. The number of aromatic nitrogens is 6. The van der Waals surface area contributed by atoms with E-state index in [1.165, 1.54) is 0 Å². The molecule has 8 heteroatoms. The van der Waals surface area contributed by atoms with Gasteiger partial charge in [0.25, 0.3) is 0 Å². The number of nitrogens with zero attached hydrogens (tertiary/aromatic N) is 6. The van der Waals surface area contributed by atoms with E-state index in [9.17, 15) is 0 Å². The molecule has 1 atom stereocenters. The second kappa shape index (κ2) is 7.51. The van der Waals surface area contributed by atoms with Crippen molar-refractivity contribution in [1.29, 1.82) is 0 Å². The maximum Gasteiger partial charge on any atom is 0.249 e. The van der Waals surface area contributed by atoms with Crippen LogP contribution in [0.4, 0.5) is 5.95 Å². The lowest BCUT2D eigenvalue weighted by molar-refractivity contribution is 0.367. The summed E-state index contributed by atoms with van der Waals surface area (Å²) in [5.74, 6) is 1.42. The van der Waals surface area contributed by atoms with Crippen molar-refractivity contribution in [3.05, 3.63) is 66.2 Å². The van der Waals surface area contributed by atoms with Gasteiger partial charge in [0.05, 0.1) is 5.69 Å². The Balaban J connectivity index is 1.54. The van der Waals surface area contributed by atoms with Crippen LogP contribution in [0.5, 0.6) is 0 Å². The Morgan fingerprint density at radius 2 is 1.89 bits per heavy atom. The molecule has 4 aromatic heterocycles. The molecule has 0 unspecified atom stereocenters. The number of hydrogen-bond donors (Lipinski definition) is 1. The van der Waals surface area contributed by atoms with Crippen molar-refractivity contribution in [3.63, 3.8) is 0 Å². The fourth-order valence-electron chi connectivity index (χ4n) is 2.81. The summed E-state index contributed by atoms with van der Waals surface area (Å²) in [6.07, 6.45) is 5.10. The molecule has 0 saturated carbocycles. The van der Waals surface area contributed by atoms with Crippen LogP contribution in [-0.4, -0.2) is 30.1 Å². The van der Waals surface area contributed by atoms with Crippen LogP contribution in [-0.2, 0) is 0 Å². The highest BCUT2D eigenvalue weighted by molar-refractivity contribution is 5.62. The molecule has 0 aliphatic rings. The van der Waals surface area contributed by atoms with Gasteiger partial charge in [-0.25, -0.2) is 9.97 Å². The van der Waals surface area contributed by atoms with Crippen LogP contribution in [0.25, 0.3) is 22.6 Å². The summed E-state index contributed by atoms with van der Waals surface area (Å²) in [4.78, 5) is 21.9. The molecule has 0 saturated heterocycles. The molecule has 28 heavy (non-hydrogen) atoms. The van der Waals surface area contributed by atoms with Gasteiger partial charge in [-0.2, -0.15) is 4.98 Å². The van der Waals surface area contributed by atoms with Gasteiger partial charge >= 0.3 is 0 Å². The Morgan fingerprint density at radius 3 is 2.68 bits per heavy atom. The first-order chi connectivity index (χ1) is 13.6. The number of hydrogen-bond acceptors (Lipinski definition) is 8. The normalized spacial score (nSPS) is 12.0. The van der Waals surface area contributed by atoms with Gasteiger partial charge in [-0.1, -0.05) is 5.16 Å². The molecule has 4 heterocycles. The van der Waals surface area contributed by atoms with E-state index in [0.717, 1.165) is 28.2 Å². The SMILES string of the molecule is Cc1ccc(-c2ccnc(N[C@H](C)c3nc(-c4cccnc4)no3)n2)c(C)n1. The molecule has 0 bridgehead atoms. The summed E-state index contributed by atoms with van der Waals surface area (Å²) in [6.45, 7) is 5.85. The van der Waals surface area contributed by atoms with Crippen molar-refractivity contribution in [2.24, 2.45) is 0 Å². The van der Waals surface area contributed by atoms with Gasteiger partial charge in [-0.15, -0.1) is 0 Å². The minimum atomic E-state index is -0.259. The third-order valence-electron chi connectivity index (χ3n) is 4.23. The summed E-state index contributed by atoms with van der Waals surface area (Å²) in [6, 6.07) is 9.30. The lowest BCUT2D eigenvalue weighted by Crippen LogP contribution is -2.10. The summed E-state index contributed by atoms with van der Waals surface area (Å²) in [5.41, 5.74) is 4.47. The zero-order chi connectivity index (χ0) is 19.5. The third kappa shape index (κ3) is 3.71. The highest BCUT2D eigenvalue weighted by atomic mass is 16.5. The Morgan fingerprint density at radius 1 is 1.00 bits per heavy atom. The van der Waals surface area contributed by atoms with Crippen molar-refractivity contribution >= 4 is 5.95 Å². The molecule has 0 fully saturated rings. The van der Waals surface area contributed by atoms with Gasteiger partial charge in [-0.3, -0.25) is 9.97 Å². The third-order valence-corrected chi connectivity index (χ3v) is 4.23. The fraction of sp³-hybridized carbons (Fsp3) is 0.200. The second-order valence-corrected chi connectivity index (χ2v) is 6.42. The van der Waals surface area contributed by atoms with E-state index in [1.807, 2.05) is 51.1 Å². The Bertz CT molecular complexity index is 1090. The number of anilines is 1. The van der Waals surface area contributed by atoms with Crippen molar-refractivity contribution in [1.82, 2.24) is 30.1 Å². The molecule has 4 aromatic rings. The maximum atomic E-state index is 5.38. The van der Waals surface area contributed by atoms with Gasteiger partial charge < -0.3 is 9.84 Å². The maximum absolute atomic E-state index is 5.38. The minimum Gasteiger partial charge on any atom is -0.343 e. The van der Waals surface area contributed by atoms with Crippen LogP contribution in [0, 0.1) is 13.8 Å². The van der Waals surface area contributed by atoms with E-state index in [4.69, 9.17) is 4.52 Å². The van der Waals surface area contributed by atoms with Gasteiger partial charge in [-0.05, 0) is 51.1 Å². The summed E-state index contributed by atoms with van der Waals surface area (Å²) < 4.78 is 5.38. The predicted molar refractivity (Wildman–Crippen MR) is 104 cm³/mol. The standard InChI is InChI=1S/C20H19N7O/c1-12-6-7-16(13(2)23-12)17-8-10-22-20(25-17)24-14(3)19-26-18(27-28-19)15-5-4-9-21-11-15/h4-11,14H,1-3H3,(H,22,24,25)/t14-/m1/s1. The highest BCUT2D eigenvalue weighted by Crippen LogP contribution is 2.23. The molecule has 0 aromatic carbocycles. The van der Waals surface area contributed by atoms with E-state index >= 15 is 0 Å². The number of rotatable bonds is 5. The zero-order valence-electron chi connectivity index (χ0n) is 15.8. The van der Waals surface area contributed by atoms with Crippen molar-refractivity contribution in [3.8, 4) is 22.6 Å². The van der Waals surface area contributed by atoms with E-state index < -0.39 is 0 Å². The molecule has 1 N–H and O–H groups in total.